The maximum atomic E-state index is 13.5. The lowest BCUT2D eigenvalue weighted by Gasteiger charge is -2.03. The summed E-state index contributed by atoms with van der Waals surface area (Å²) in [5.41, 5.74) is 0.569. The molecule has 0 radical (unpaired) electrons. The second kappa shape index (κ2) is 4.27. The third kappa shape index (κ3) is 2.10. The van der Waals surface area contributed by atoms with Crippen molar-refractivity contribution in [1.82, 2.24) is 10.2 Å². The summed E-state index contributed by atoms with van der Waals surface area (Å²) in [6, 6.07) is 4.68. The summed E-state index contributed by atoms with van der Waals surface area (Å²) in [5, 5.41) is 6.29. The molecule has 82 valence electrons. The molecule has 0 aliphatic carbocycles. The first-order valence-electron chi connectivity index (χ1n) is 4.28. The number of aromatic nitrogens is 2. The molecule has 2 aromatic rings. The van der Waals surface area contributed by atoms with Gasteiger partial charge in [-0.1, -0.05) is 23.8 Å². The molecule has 0 amide bonds. The average molecular weight is 259 g/mol. The fraction of sp³-hybridized carbons (Fsp3) is 0. The van der Waals surface area contributed by atoms with Crippen molar-refractivity contribution in [2.45, 2.75) is 0 Å². The Bertz CT molecular complexity index is 598. The van der Waals surface area contributed by atoms with E-state index in [0.717, 1.165) is 12.1 Å². The van der Waals surface area contributed by atoms with E-state index in [1.54, 1.807) is 0 Å². The van der Waals surface area contributed by atoms with Gasteiger partial charge < -0.3 is 0 Å². The van der Waals surface area contributed by atoms with Crippen molar-refractivity contribution in [3.05, 3.63) is 45.7 Å². The lowest BCUT2D eigenvalue weighted by molar-refractivity contribution is 0.585. The lowest BCUT2D eigenvalue weighted by Crippen LogP contribution is -1.91. The average Bonchev–Trinajstić information content (AvgIpc) is 2.22. The molecule has 0 atom stereocenters. The van der Waals surface area contributed by atoms with Crippen LogP contribution < -0.4 is 0 Å². The molecular weight excluding hydrogens is 254 g/mol. The highest BCUT2D eigenvalue weighted by Gasteiger charge is 2.09. The third-order valence-corrected chi connectivity index (χ3v) is 2.50. The molecule has 1 N–H and O–H groups in total. The molecule has 0 aliphatic rings. The summed E-state index contributed by atoms with van der Waals surface area (Å²) in [6.07, 6.45) is 0. The lowest BCUT2D eigenvalue weighted by atomic mass is 10.1. The first-order valence-corrected chi connectivity index (χ1v) is 5.07. The normalized spacial score (nSPS) is 10.4. The Morgan fingerprint density at radius 2 is 1.94 bits per heavy atom. The Balaban J connectivity index is 2.67. The number of halogens is 3. The number of nitrogens with zero attached hydrogens (tertiary/aromatic N) is 1. The SMILES string of the molecule is Fc1ccc(-c2cc(Cl)n[nH]c2=S)c(F)c1. The van der Waals surface area contributed by atoms with Gasteiger partial charge in [0, 0.05) is 17.2 Å². The number of nitrogens with one attached hydrogen (secondary N) is 1. The van der Waals surface area contributed by atoms with Crippen LogP contribution >= 0.6 is 23.8 Å². The molecule has 1 aromatic heterocycles. The zero-order chi connectivity index (χ0) is 11.7. The zero-order valence-corrected chi connectivity index (χ0v) is 9.37. The van der Waals surface area contributed by atoms with Gasteiger partial charge in [0.05, 0.1) is 0 Å². The Morgan fingerprint density at radius 3 is 2.62 bits per heavy atom. The highest BCUT2D eigenvalue weighted by molar-refractivity contribution is 7.71. The number of hydrogen-bond acceptors (Lipinski definition) is 2. The monoisotopic (exact) mass is 258 g/mol. The summed E-state index contributed by atoms with van der Waals surface area (Å²) < 4.78 is 26.5. The van der Waals surface area contributed by atoms with Gasteiger partial charge in [0.15, 0.2) is 0 Å². The quantitative estimate of drug-likeness (QED) is 0.790. The van der Waals surface area contributed by atoms with Crippen LogP contribution in [0.3, 0.4) is 0 Å². The standard InChI is InChI=1S/C10H5ClF2N2S/c11-9-4-7(10(16)15-14-9)6-2-1-5(12)3-8(6)13/h1-4H,(H,15,16). The third-order valence-electron chi connectivity index (χ3n) is 1.99. The van der Waals surface area contributed by atoms with E-state index in [0.29, 0.717) is 5.56 Å². The van der Waals surface area contributed by atoms with Gasteiger partial charge in [-0.15, -0.1) is 0 Å². The van der Waals surface area contributed by atoms with Gasteiger partial charge >= 0.3 is 0 Å². The van der Waals surface area contributed by atoms with Crippen LogP contribution in [0.15, 0.2) is 24.3 Å². The van der Waals surface area contributed by atoms with Gasteiger partial charge in [0.1, 0.15) is 21.4 Å². The molecule has 0 fully saturated rings. The molecule has 0 bridgehead atoms. The Morgan fingerprint density at radius 1 is 1.19 bits per heavy atom. The van der Waals surface area contributed by atoms with E-state index < -0.39 is 11.6 Å². The van der Waals surface area contributed by atoms with Crippen LogP contribution in [-0.2, 0) is 0 Å². The Kier molecular flexibility index (Phi) is 2.98. The highest BCUT2D eigenvalue weighted by Crippen LogP contribution is 2.25. The van der Waals surface area contributed by atoms with Crippen LogP contribution in [0.5, 0.6) is 0 Å². The molecule has 2 rings (SSSR count). The fourth-order valence-corrected chi connectivity index (χ4v) is 1.66. The number of H-pyrrole nitrogens is 1. The molecular formula is C10H5ClF2N2S. The van der Waals surface area contributed by atoms with Crippen LogP contribution in [0.4, 0.5) is 8.78 Å². The number of aromatic amines is 1. The molecule has 0 unspecified atom stereocenters. The Labute approximate surface area is 99.9 Å². The molecule has 2 nitrogen and oxygen atoms in total. The van der Waals surface area contributed by atoms with Crippen LogP contribution in [0.25, 0.3) is 11.1 Å². The van der Waals surface area contributed by atoms with Crippen molar-refractivity contribution in [1.29, 1.82) is 0 Å². The number of rotatable bonds is 1. The van der Waals surface area contributed by atoms with Gasteiger partial charge in [-0.3, -0.25) is 5.10 Å². The van der Waals surface area contributed by atoms with Crippen LogP contribution in [0.1, 0.15) is 0 Å². The molecule has 6 heteroatoms. The van der Waals surface area contributed by atoms with E-state index in [1.807, 2.05) is 0 Å². The summed E-state index contributed by atoms with van der Waals surface area (Å²) in [7, 11) is 0. The molecule has 0 saturated heterocycles. The van der Waals surface area contributed by atoms with Crippen molar-refractivity contribution in [3.8, 4) is 11.1 Å². The van der Waals surface area contributed by atoms with E-state index in [9.17, 15) is 8.78 Å². The second-order valence-electron chi connectivity index (χ2n) is 3.06. The van der Waals surface area contributed by atoms with E-state index >= 15 is 0 Å². The molecule has 16 heavy (non-hydrogen) atoms. The van der Waals surface area contributed by atoms with Gasteiger partial charge in [0.2, 0.25) is 0 Å². The summed E-state index contributed by atoms with van der Waals surface area (Å²) in [4.78, 5) is 0. The van der Waals surface area contributed by atoms with Crippen LogP contribution in [0, 0.1) is 16.3 Å². The smallest absolute Gasteiger partial charge is 0.150 e. The van der Waals surface area contributed by atoms with Gasteiger partial charge in [-0.05, 0) is 18.2 Å². The predicted octanol–water partition coefficient (Wildman–Crippen LogP) is 3.74. The first kappa shape index (κ1) is 11.2. The van der Waals surface area contributed by atoms with Crippen LogP contribution in [-0.4, -0.2) is 10.2 Å². The molecule has 0 aliphatic heterocycles. The minimum atomic E-state index is -0.693. The van der Waals surface area contributed by atoms with E-state index in [1.165, 1.54) is 12.1 Å². The van der Waals surface area contributed by atoms with E-state index in [-0.39, 0.29) is 15.4 Å². The van der Waals surface area contributed by atoms with Gasteiger partial charge in [-0.25, -0.2) is 8.78 Å². The van der Waals surface area contributed by atoms with Gasteiger partial charge in [-0.2, -0.15) is 5.10 Å². The number of hydrogen-bond donors (Lipinski definition) is 1. The highest BCUT2D eigenvalue weighted by atomic mass is 35.5. The number of benzene rings is 1. The molecule has 1 heterocycles. The first-order chi connectivity index (χ1) is 7.58. The summed E-state index contributed by atoms with van der Waals surface area (Å²) in [5.74, 6) is -1.34. The minimum Gasteiger partial charge on any atom is -0.266 e. The summed E-state index contributed by atoms with van der Waals surface area (Å²) in [6.45, 7) is 0. The largest absolute Gasteiger partial charge is 0.266 e. The molecule has 1 aromatic carbocycles. The van der Waals surface area contributed by atoms with Crippen molar-refractivity contribution >= 4 is 23.8 Å². The van der Waals surface area contributed by atoms with E-state index in [2.05, 4.69) is 10.2 Å². The zero-order valence-electron chi connectivity index (χ0n) is 7.80. The Hall–Kier alpha value is -1.33. The van der Waals surface area contributed by atoms with Crippen LogP contribution in [0.2, 0.25) is 5.15 Å². The maximum absolute atomic E-state index is 13.5. The van der Waals surface area contributed by atoms with Crippen molar-refractivity contribution in [2.24, 2.45) is 0 Å². The van der Waals surface area contributed by atoms with Crippen molar-refractivity contribution in [2.75, 3.05) is 0 Å². The van der Waals surface area contributed by atoms with Crippen molar-refractivity contribution < 1.29 is 8.78 Å². The summed E-state index contributed by atoms with van der Waals surface area (Å²) >= 11 is 10.6. The predicted molar refractivity (Wildman–Crippen MR) is 59.8 cm³/mol. The second-order valence-corrected chi connectivity index (χ2v) is 3.85. The fourth-order valence-electron chi connectivity index (χ4n) is 1.29. The maximum Gasteiger partial charge on any atom is 0.150 e. The van der Waals surface area contributed by atoms with Gasteiger partial charge in [0.25, 0.3) is 0 Å². The van der Waals surface area contributed by atoms with Crippen molar-refractivity contribution in [3.63, 3.8) is 0 Å². The topological polar surface area (TPSA) is 28.7 Å². The van der Waals surface area contributed by atoms with E-state index in [4.69, 9.17) is 23.8 Å². The molecule has 0 saturated carbocycles. The minimum absolute atomic E-state index is 0.160. The molecule has 0 spiro atoms.